The van der Waals surface area contributed by atoms with Crippen LogP contribution < -0.4 is 15.8 Å². The molecular formula is C14H23BrN2O2. The maximum absolute atomic E-state index is 9.42. The first-order valence-electron chi connectivity index (χ1n) is 6.45. The molecule has 0 aliphatic rings. The van der Waals surface area contributed by atoms with Crippen LogP contribution in [0.25, 0.3) is 0 Å². The van der Waals surface area contributed by atoms with Crippen molar-refractivity contribution in [2.45, 2.75) is 38.5 Å². The van der Waals surface area contributed by atoms with Crippen LogP contribution in [0.4, 0.5) is 0 Å². The summed E-state index contributed by atoms with van der Waals surface area (Å²) in [6.07, 6.45) is 0.368. The van der Waals surface area contributed by atoms with E-state index in [1.54, 1.807) is 14.0 Å². The van der Waals surface area contributed by atoms with Crippen LogP contribution in [0.2, 0.25) is 0 Å². The fraction of sp³-hybridized carbons (Fsp3) is 0.571. The van der Waals surface area contributed by atoms with Crippen LogP contribution in [-0.4, -0.2) is 30.9 Å². The van der Waals surface area contributed by atoms with E-state index in [2.05, 4.69) is 21.2 Å². The Morgan fingerprint density at radius 3 is 2.63 bits per heavy atom. The number of nitrogens with two attached hydrogens (primary N) is 1. The smallest absolute Gasteiger partial charge is 0.119 e. The molecule has 4 N–H and O–H groups in total. The summed E-state index contributed by atoms with van der Waals surface area (Å²) >= 11 is 3.54. The molecule has 3 unspecified atom stereocenters. The fourth-order valence-corrected chi connectivity index (χ4v) is 2.65. The lowest BCUT2D eigenvalue weighted by Gasteiger charge is -2.24. The van der Waals surface area contributed by atoms with Crippen molar-refractivity contribution in [2.75, 3.05) is 13.7 Å². The molecule has 1 aromatic rings. The first-order valence-corrected chi connectivity index (χ1v) is 7.24. The molecule has 108 valence electrons. The molecule has 4 nitrogen and oxygen atoms in total. The summed E-state index contributed by atoms with van der Waals surface area (Å²) in [7, 11) is 1.65. The molecule has 0 saturated carbocycles. The minimum absolute atomic E-state index is 0.0261. The Labute approximate surface area is 123 Å². The molecule has 0 bridgehead atoms. The molecule has 0 saturated heterocycles. The highest BCUT2D eigenvalue weighted by atomic mass is 79.9. The monoisotopic (exact) mass is 330 g/mol. The van der Waals surface area contributed by atoms with Crippen molar-refractivity contribution < 1.29 is 9.84 Å². The van der Waals surface area contributed by atoms with Crippen LogP contribution in [0, 0.1) is 0 Å². The number of nitrogens with one attached hydrogen (secondary N) is 1. The maximum atomic E-state index is 9.42. The summed E-state index contributed by atoms with van der Waals surface area (Å²) < 4.78 is 6.25. The van der Waals surface area contributed by atoms with Gasteiger partial charge in [0.1, 0.15) is 5.75 Å². The largest absolute Gasteiger partial charge is 0.497 e. The number of hydrogen-bond donors (Lipinski definition) is 3. The number of rotatable bonds is 7. The van der Waals surface area contributed by atoms with Gasteiger partial charge in [0.25, 0.3) is 0 Å². The molecule has 1 aromatic carbocycles. The van der Waals surface area contributed by atoms with Gasteiger partial charge in [-0.05, 0) is 44.0 Å². The molecule has 0 aliphatic heterocycles. The molecule has 0 radical (unpaired) electrons. The highest BCUT2D eigenvalue weighted by Crippen LogP contribution is 2.27. The van der Waals surface area contributed by atoms with Gasteiger partial charge in [-0.1, -0.05) is 15.9 Å². The molecule has 0 aromatic heterocycles. The Morgan fingerprint density at radius 1 is 1.42 bits per heavy atom. The minimum atomic E-state index is -0.324. The van der Waals surface area contributed by atoms with Crippen LogP contribution >= 0.6 is 15.9 Å². The summed E-state index contributed by atoms with van der Waals surface area (Å²) in [5.41, 5.74) is 6.93. The van der Waals surface area contributed by atoms with Crippen LogP contribution in [0.15, 0.2) is 22.7 Å². The van der Waals surface area contributed by atoms with E-state index >= 15 is 0 Å². The Hall–Kier alpha value is -0.620. The van der Waals surface area contributed by atoms with E-state index in [1.807, 2.05) is 25.1 Å². The van der Waals surface area contributed by atoms with Crippen LogP contribution in [0.3, 0.4) is 0 Å². The third-order valence-electron chi connectivity index (χ3n) is 2.99. The molecule has 0 aliphatic carbocycles. The lowest BCUT2D eigenvalue weighted by Crippen LogP contribution is -2.36. The van der Waals surface area contributed by atoms with E-state index in [4.69, 9.17) is 10.5 Å². The van der Waals surface area contributed by atoms with Crippen molar-refractivity contribution in [2.24, 2.45) is 5.73 Å². The average molecular weight is 331 g/mol. The topological polar surface area (TPSA) is 67.5 Å². The zero-order valence-electron chi connectivity index (χ0n) is 11.7. The normalized spacial score (nSPS) is 15.9. The van der Waals surface area contributed by atoms with Gasteiger partial charge in [0.05, 0.1) is 13.2 Å². The summed E-state index contributed by atoms with van der Waals surface area (Å²) in [4.78, 5) is 0. The van der Waals surface area contributed by atoms with E-state index in [1.165, 1.54) is 0 Å². The van der Waals surface area contributed by atoms with Gasteiger partial charge in [-0.25, -0.2) is 0 Å². The van der Waals surface area contributed by atoms with Gasteiger partial charge in [0.15, 0.2) is 0 Å². The van der Waals surface area contributed by atoms with Gasteiger partial charge in [0.2, 0.25) is 0 Å². The van der Waals surface area contributed by atoms with E-state index in [0.717, 1.165) is 15.8 Å². The molecule has 0 spiro atoms. The van der Waals surface area contributed by atoms with Gasteiger partial charge < -0.3 is 20.9 Å². The molecule has 1 rings (SSSR count). The fourth-order valence-electron chi connectivity index (χ4n) is 2.12. The summed E-state index contributed by atoms with van der Waals surface area (Å²) in [6, 6.07) is 6.05. The van der Waals surface area contributed by atoms with Gasteiger partial charge in [-0.15, -0.1) is 0 Å². The predicted molar refractivity (Wildman–Crippen MR) is 81.4 cm³/mol. The number of aliphatic hydroxyl groups excluding tert-OH is 1. The first-order chi connectivity index (χ1) is 8.97. The van der Waals surface area contributed by atoms with E-state index in [0.29, 0.717) is 13.0 Å². The standard InChI is InChI=1S/C14H23BrN2O2/c1-9(6-10(2)18)17-14(8-16)12-7-11(19-3)4-5-13(12)15/h4-5,7,9-10,14,17-18H,6,8,16H2,1-3H3. The molecule has 5 heteroatoms. The number of ether oxygens (including phenoxy) is 1. The Bertz CT molecular complexity index is 399. The maximum Gasteiger partial charge on any atom is 0.119 e. The minimum Gasteiger partial charge on any atom is -0.497 e. The quantitative estimate of drug-likeness (QED) is 0.717. The van der Waals surface area contributed by atoms with Crippen molar-refractivity contribution in [3.8, 4) is 5.75 Å². The Kier molecular flexibility index (Phi) is 6.79. The zero-order chi connectivity index (χ0) is 14.4. The summed E-state index contributed by atoms with van der Waals surface area (Å²) in [6.45, 7) is 4.32. The van der Waals surface area contributed by atoms with Crippen molar-refractivity contribution in [3.63, 3.8) is 0 Å². The van der Waals surface area contributed by atoms with E-state index < -0.39 is 0 Å². The summed E-state index contributed by atoms with van der Waals surface area (Å²) in [5.74, 6) is 0.807. The Morgan fingerprint density at radius 2 is 2.11 bits per heavy atom. The third kappa shape index (κ3) is 5.10. The first kappa shape index (κ1) is 16.4. The van der Waals surface area contributed by atoms with Crippen LogP contribution in [0.5, 0.6) is 5.75 Å². The second kappa shape index (κ2) is 7.85. The van der Waals surface area contributed by atoms with Gasteiger partial charge in [-0.2, -0.15) is 0 Å². The third-order valence-corrected chi connectivity index (χ3v) is 3.72. The van der Waals surface area contributed by atoms with Gasteiger partial charge >= 0.3 is 0 Å². The molecule has 19 heavy (non-hydrogen) atoms. The zero-order valence-corrected chi connectivity index (χ0v) is 13.3. The SMILES string of the molecule is COc1ccc(Br)c(C(CN)NC(C)CC(C)O)c1. The average Bonchev–Trinajstić information content (AvgIpc) is 2.36. The Balaban J connectivity index is 2.84. The highest BCUT2D eigenvalue weighted by molar-refractivity contribution is 9.10. The lowest BCUT2D eigenvalue weighted by molar-refractivity contribution is 0.168. The van der Waals surface area contributed by atoms with E-state index in [9.17, 15) is 5.11 Å². The van der Waals surface area contributed by atoms with Crippen LogP contribution in [0.1, 0.15) is 31.9 Å². The summed E-state index contributed by atoms with van der Waals surface area (Å²) in [5, 5.41) is 12.9. The molecular weight excluding hydrogens is 308 g/mol. The number of methoxy groups -OCH3 is 1. The number of hydrogen-bond acceptors (Lipinski definition) is 4. The van der Waals surface area contributed by atoms with Crippen molar-refractivity contribution in [3.05, 3.63) is 28.2 Å². The lowest BCUT2D eigenvalue weighted by atomic mass is 10.0. The molecule has 0 heterocycles. The van der Waals surface area contributed by atoms with Crippen LogP contribution in [-0.2, 0) is 0 Å². The predicted octanol–water partition coefficient (Wildman–Crippen LogP) is 2.21. The van der Waals surface area contributed by atoms with Crippen molar-refractivity contribution >= 4 is 15.9 Å². The molecule has 3 atom stereocenters. The second-order valence-corrected chi connectivity index (χ2v) is 5.68. The number of benzene rings is 1. The van der Waals surface area contributed by atoms with Gasteiger partial charge in [-0.3, -0.25) is 0 Å². The second-order valence-electron chi connectivity index (χ2n) is 4.83. The molecule has 0 amide bonds. The van der Waals surface area contributed by atoms with Crippen molar-refractivity contribution in [1.82, 2.24) is 5.32 Å². The number of halogens is 1. The molecule has 0 fully saturated rings. The highest BCUT2D eigenvalue weighted by Gasteiger charge is 2.17. The van der Waals surface area contributed by atoms with Crippen molar-refractivity contribution in [1.29, 1.82) is 0 Å². The number of aliphatic hydroxyl groups is 1. The van der Waals surface area contributed by atoms with Gasteiger partial charge in [0, 0.05) is 23.1 Å². The van der Waals surface area contributed by atoms with E-state index in [-0.39, 0.29) is 18.2 Å².